The molecule has 1 aromatic carbocycles. The second kappa shape index (κ2) is 7.41. The number of amides is 1. The standard InChI is InChI=1S/C18H18N4O2/c1-22(12-14-6-3-2-4-7-14)17-10-16(20-13-21-17)18(23)19-11-15-8-5-9-24-15/h2-10,13H,11-12H2,1H3,(H,19,23). The van der Waals surface area contributed by atoms with Crippen molar-refractivity contribution in [2.45, 2.75) is 13.1 Å². The minimum Gasteiger partial charge on any atom is -0.467 e. The molecule has 1 amide bonds. The van der Waals surface area contributed by atoms with Gasteiger partial charge in [-0.1, -0.05) is 30.3 Å². The van der Waals surface area contributed by atoms with Crippen molar-refractivity contribution in [1.82, 2.24) is 15.3 Å². The second-order valence-electron chi connectivity index (χ2n) is 5.37. The first kappa shape index (κ1) is 15.7. The quantitative estimate of drug-likeness (QED) is 0.755. The summed E-state index contributed by atoms with van der Waals surface area (Å²) >= 11 is 0. The van der Waals surface area contributed by atoms with Crippen molar-refractivity contribution in [1.29, 1.82) is 0 Å². The van der Waals surface area contributed by atoms with Gasteiger partial charge >= 0.3 is 0 Å². The Hall–Kier alpha value is -3.15. The zero-order valence-corrected chi connectivity index (χ0v) is 13.3. The summed E-state index contributed by atoms with van der Waals surface area (Å²) in [5.41, 5.74) is 1.49. The summed E-state index contributed by atoms with van der Waals surface area (Å²) < 4.78 is 5.19. The van der Waals surface area contributed by atoms with Crippen molar-refractivity contribution in [3.8, 4) is 0 Å². The molecule has 6 nitrogen and oxygen atoms in total. The third-order valence-corrected chi connectivity index (χ3v) is 3.54. The average Bonchev–Trinajstić information content (AvgIpc) is 3.14. The van der Waals surface area contributed by atoms with Crippen molar-refractivity contribution in [3.63, 3.8) is 0 Å². The van der Waals surface area contributed by atoms with Gasteiger partial charge in [0.2, 0.25) is 0 Å². The molecule has 122 valence electrons. The molecule has 0 bridgehead atoms. The molecule has 0 aliphatic carbocycles. The minimum atomic E-state index is -0.261. The molecule has 0 saturated heterocycles. The summed E-state index contributed by atoms with van der Waals surface area (Å²) in [6.07, 6.45) is 2.97. The summed E-state index contributed by atoms with van der Waals surface area (Å²) in [4.78, 5) is 22.5. The normalized spacial score (nSPS) is 10.4. The number of anilines is 1. The van der Waals surface area contributed by atoms with Gasteiger partial charge in [0.1, 0.15) is 23.6 Å². The first-order valence-electron chi connectivity index (χ1n) is 7.60. The van der Waals surface area contributed by atoms with E-state index in [0.29, 0.717) is 30.4 Å². The smallest absolute Gasteiger partial charge is 0.270 e. The molecular formula is C18H18N4O2. The van der Waals surface area contributed by atoms with Crippen LogP contribution in [-0.4, -0.2) is 22.9 Å². The number of rotatable bonds is 6. The van der Waals surface area contributed by atoms with E-state index >= 15 is 0 Å². The lowest BCUT2D eigenvalue weighted by atomic mass is 10.2. The number of aromatic nitrogens is 2. The number of hydrogen-bond acceptors (Lipinski definition) is 5. The van der Waals surface area contributed by atoms with Gasteiger partial charge in [0.15, 0.2) is 0 Å². The number of benzene rings is 1. The molecule has 2 heterocycles. The molecule has 0 spiro atoms. The van der Waals surface area contributed by atoms with Gasteiger partial charge in [0.25, 0.3) is 5.91 Å². The molecule has 0 aliphatic rings. The third kappa shape index (κ3) is 3.98. The monoisotopic (exact) mass is 322 g/mol. The van der Waals surface area contributed by atoms with Crippen molar-refractivity contribution >= 4 is 11.7 Å². The number of furan rings is 1. The highest BCUT2D eigenvalue weighted by molar-refractivity contribution is 5.92. The number of hydrogen-bond donors (Lipinski definition) is 1. The van der Waals surface area contributed by atoms with Gasteiger partial charge in [-0.25, -0.2) is 9.97 Å². The van der Waals surface area contributed by atoms with Crippen molar-refractivity contribution in [3.05, 3.63) is 78.1 Å². The maximum atomic E-state index is 12.2. The lowest BCUT2D eigenvalue weighted by Gasteiger charge is -2.18. The van der Waals surface area contributed by atoms with Crippen LogP contribution >= 0.6 is 0 Å². The van der Waals surface area contributed by atoms with E-state index in [0.717, 1.165) is 0 Å². The molecule has 24 heavy (non-hydrogen) atoms. The summed E-state index contributed by atoms with van der Waals surface area (Å²) in [6, 6.07) is 15.3. The van der Waals surface area contributed by atoms with E-state index in [1.165, 1.54) is 11.9 Å². The summed E-state index contributed by atoms with van der Waals surface area (Å²) in [5, 5.41) is 2.78. The topological polar surface area (TPSA) is 71.3 Å². The predicted octanol–water partition coefficient (Wildman–Crippen LogP) is 2.64. The predicted molar refractivity (Wildman–Crippen MR) is 90.5 cm³/mol. The van der Waals surface area contributed by atoms with E-state index in [2.05, 4.69) is 27.4 Å². The van der Waals surface area contributed by atoms with Crippen LogP contribution in [0.1, 0.15) is 21.8 Å². The molecule has 2 aromatic heterocycles. The Kier molecular flexibility index (Phi) is 4.86. The van der Waals surface area contributed by atoms with E-state index in [9.17, 15) is 4.79 Å². The van der Waals surface area contributed by atoms with Crippen LogP contribution in [0.25, 0.3) is 0 Å². The third-order valence-electron chi connectivity index (χ3n) is 3.54. The molecule has 0 radical (unpaired) electrons. The molecule has 0 fully saturated rings. The molecule has 0 aliphatic heterocycles. The van der Waals surface area contributed by atoms with Gasteiger partial charge in [-0.05, 0) is 17.7 Å². The zero-order valence-electron chi connectivity index (χ0n) is 13.3. The summed E-state index contributed by atoms with van der Waals surface area (Å²) in [7, 11) is 1.93. The molecule has 0 saturated carbocycles. The number of nitrogens with one attached hydrogen (secondary N) is 1. The Bertz CT molecular complexity index is 788. The minimum absolute atomic E-state index is 0.261. The van der Waals surface area contributed by atoms with E-state index < -0.39 is 0 Å². The van der Waals surface area contributed by atoms with Crippen molar-refractivity contribution in [2.75, 3.05) is 11.9 Å². The van der Waals surface area contributed by atoms with Crippen LogP contribution < -0.4 is 10.2 Å². The highest BCUT2D eigenvalue weighted by atomic mass is 16.3. The molecule has 0 unspecified atom stereocenters. The Balaban J connectivity index is 1.65. The van der Waals surface area contributed by atoms with Crippen LogP contribution in [0.3, 0.4) is 0 Å². The van der Waals surface area contributed by atoms with Gasteiger partial charge in [-0.3, -0.25) is 4.79 Å². The van der Waals surface area contributed by atoms with Gasteiger partial charge in [0.05, 0.1) is 12.8 Å². The molecule has 3 aromatic rings. The fourth-order valence-corrected chi connectivity index (χ4v) is 2.29. The first-order chi connectivity index (χ1) is 11.7. The Morgan fingerprint density at radius 1 is 1.17 bits per heavy atom. The zero-order chi connectivity index (χ0) is 16.8. The summed E-state index contributed by atoms with van der Waals surface area (Å²) in [5.74, 6) is 1.12. The van der Waals surface area contributed by atoms with Crippen LogP contribution in [0.2, 0.25) is 0 Å². The average molecular weight is 322 g/mol. The largest absolute Gasteiger partial charge is 0.467 e. The number of carbonyl (C=O) groups is 1. The Morgan fingerprint density at radius 2 is 2.00 bits per heavy atom. The lowest BCUT2D eigenvalue weighted by molar-refractivity contribution is 0.0943. The maximum Gasteiger partial charge on any atom is 0.270 e. The molecular weight excluding hydrogens is 304 g/mol. The van der Waals surface area contributed by atoms with Crippen LogP contribution in [0, 0.1) is 0 Å². The molecule has 3 rings (SSSR count). The van der Waals surface area contributed by atoms with Gasteiger partial charge < -0.3 is 14.6 Å². The lowest BCUT2D eigenvalue weighted by Crippen LogP contribution is -2.25. The highest BCUT2D eigenvalue weighted by Crippen LogP contribution is 2.13. The highest BCUT2D eigenvalue weighted by Gasteiger charge is 2.11. The number of carbonyl (C=O) groups excluding carboxylic acids is 1. The molecule has 1 N–H and O–H groups in total. The van der Waals surface area contributed by atoms with Crippen LogP contribution in [0.5, 0.6) is 0 Å². The maximum absolute atomic E-state index is 12.2. The van der Waals surface area contributed by atoms with Gasteiger partial charge in [-0.2, -0.15) is 0 Å². The SMILES string of the molecule is CN(Cc1ccccc1)c1cc(C(=O)NCc2ccco2)ncn1. The van der Waals surface area contributed by atoms with Crippen LogP contribution in [-0.2, 0) is 13.1 Å². The number of nitrogens with zero attached hydrogens (tertiary/aromatic N) is 3. The fourth-order valence-electron chi connectivity index (χ4n) is 2.29. The molecule has 6 heteroatoms. The van der Waals surface area contributed by atoms with Crippen LogP contribution in [0.4, 0.5) is 5.82 Å². The van der Waals surface area contributed by atoms with Gasteiger partial charge in [-0.15, -0.1) is 0 Å². The fraction of sp³-hybridized carbons (Fsp3) is 0.167. The van der Waals surface area contributed by atoms with E-state index in [4.69, 9.17) is 4.42 Å². The van der Waals surface area contributed by atoms with Crippen LogP contribution in [0.15, 0.2) is 65.5 Å². The van der Waals surface area contributed by atoms with Gasteiger partial charge in [0, 0.05) is 19.7 Å². The van der Waals surface area contributed by atoms with Crippen molar-refractivity contribution in [2.24, 2.45) is 0 Å². The second-order valence-corrected chi connectivity index (χ2v) is 5.37. The summed E-state index contributed by atoms with van der Waals surface area (Å²) in [6.45, 7) is 1.02. The van der Waals surface area contributed by atoms with Crippen molar-refractivity contribution < 1.29 is 9.21 Å². The van der Waals surface area contributed by atoms with E-state index in [1.807, 2.05) is 30.1 Å². The van der Waals surface area contributed by atoms with E-state index in [-0.39, 0.29) is 5.91 Å². The van der Waals surface area contributed by atoms with E-state index in [1.54, 1.807) is 24.5 Å². The first-order valence-corrected chi connectivity index (χ1v) is 7.60. The Labute approximate surface area is 140 Å². The molecule has 0 atom stereocenters. The Morgan fingerprint density at radius 3 is 2.75 bits per heavy atom.